The number of aromatic nitrogens is 3. The van der Waals surface area contributed by atoms with E-state index < -0.39 is 0 Å². The van der Waals surface area contributed by atoms with Gasteiger partial charge in [0.05, 0.1) is 19.8 Å². The Morgan fingerprint density at radius 1 is 1.46 bits per heavy atom. The van der Waals surface area contributed by atoms with Crippen LogP contribution in [0.2, 0.25) is 0 Å². The number of anilines is 1. The standard InChI is InChI=1S/C16H22N6O2/c23-16(19-8-14-7-17-4-5-24-10-14)21-15-3-1-2-13(6-15)9-22-12-18-11-20-22/h1-3,6,11-12,14,17H,4-5,7-10H2,(H2,19,21,23)/t14-/m1/s1. The van der Waals surface area contributed by atoms with E-state index >= 15 is 0 Å². The highest BCUT2D eigenvalue weighted by Gasteiger charge is 2.13. The number of nitrogens with zero attached hydrogens (tertiary/aromatic N) is 3. The van der Waals surface area contributed by atoms with Gasteiger partial charge in [0, 0.05) is 31.2 Å². The van der Waals surface area contributed by atoms with E-state index in [2.05, 4.69) is 26.0 Å². The molecule has 0 saturated carbocycles. The quantitative estimate of drug-likeness (QED) is 0.750. The van der Waals surface area contributed by atoms with E-state index in [0.717, 1.165) is 30.9 Å². The molecule has 1 aliphatic heterocycles. The minimum atomic E-state index is -0.211. The van der Waals surface area contributed by atoms with E-state index in [1.807, 2.05) is 24.3 Å². The Balaban J connectivity index is 1.48. The smallest absolute Gasteiger partial charge is 0.319 e. The normalized spacial score (nSPS) is 17.9. The first-order valence-electron chi connectivity index (χ1n) is 8.04. The van der Waals surface area contributed by atoms with E-state index in [9.17, 15) is 4.79 Å². The number of carbonyl (C=O) groups excluding carboxylic acids is 1. The summed E-state index contributed by atoms with van der Waals surface area (Å²) < 4.78 is 7.21. The van der Waals surface area contributed by atoms with Gasteiger partial charge in [-0.2, -0.15) is 5.10 Å². The predicted molar refractivity (Wildman–Crippen MR) is 89.8 cm³/mol. The number of rotatable bonds is 5. The van der Waals surface area contributed by atoms with Crippen molar-refractivity contribution >= 4 is 11.7 Å². The zero-order valence-corrected chi connectivity index (χ0v) is 13.4. The highest BCUT2D eigenvalue weighted by molar-refractivity contribution is 5.89. The number of hydrogen-bond acceptors (Lipinski definition) is 5. The van der Waals surface area contributed by atoms with E-state index in [4.69, 9.17) is 4.74 Å². The van der Waals surface area contributed by atoms with E-state index in [0.29, 0.717) is 19.7 Å². The molecular formula is C16H22N6O2. The molecule has 1 aromatic carbocycles. The Morgan fingerprint density at radius 3 is 3.29 bits per heavy atom. The fraction of sp³-hybridized carbons (Fsp3) is 0.438. The van der Waals surface area contributed by atoms with Crippen LogP contribution >= 0.6 is 0 Å². The molecule has 1 aromatic heterocycles. The van der Waals surface area contributed by atoms with Crippen molar-refractivity contribution in [2.24, 2.45) is 5.92 Å². The highest BCUT2D eigenvalue weighted by atomic mass is 16.5. The number of carbonyl (C=O) groups is 1. The molecule has 1 atom stereocenters. The van der Waals surface area contributed by atoms with Crippen molar-refractivity contribution in [1.29, 1.82) is 0 Å². The summed E-state index contributed by atoms with van der Waals surface area (Å²) in [4.78, 5) is 16.0. The van der Waals surface area contributed by atoms with Crippen molar-refractivity contribution in [3.8, 4) is 0 Å². The second kappa shape index (κ2) is 8.42. The molecule has 128 valence electrons. The largest absolute Gasteiger partial charge is 0.380 e. The lowest BCUT2D eigenvalue weighted by molar-refractivity contribution is 0.123. The maximum atomic E-state index is 12.1. The van der Waals surface area contributed by atoms with Crippen LogP contribution in [0.4, 0.5) is 10.5 Å². The van der Waals surface area contributed by atoms with Crippen molar-refractivity contribution in [2.75, 3.05) is 38.2 Å². The molecule has 0 radical (unpaired) electrons. The zero-order valence-electron chi connectivity index (χ0n) is 13.4. The summed E-state index contributed by atoms with van der Waals surface area (Å²) in [7, 11) is 0. The number of ether oxygens (including phenoxy) is 1. The van der Waals surface area contributed by atoms with Crippen LogP contribution in [0, 0.1) is 5.92 Å². The first kappa shape index (κ1) is 16.4. The summed E-state index contributed by atoms with van der Waals surface area (Å²) in [5.74, 6) is 0.289. The van der Waals surface area contributed by atoms with Gasteiger partial charge in [-0.3, -0.25) is 0 Å². The monoisotopic (exact) mass is 330 g/mol. The summed E-state index contributed by atoms with van der Waals surface area (Å²) in [5.41, 5.74) is 1.79. The van der Waals surface area contributed by atoms with Gasteiger partial charge in [-0.15, -0.1) is 0 Å². The molecule has 1 fully saturated rings. The Hall–Kier alpha value is -2.45. The number of amides is 2. The average Bonchev–Trinajstić information content (AvgIpc) is 2.94. The third-order valence-corrected chi connectivity index (χ3v) is 3.76. The number of urea groups is 1. The molecule has 0 unspecified atom stereocenters. The molecule has 3 N–H and O–H groups in total. The van der Waals surface area contributed by atoms with Crippen LogP contribution in [0.1, 0.15) is 5.56 Å². The van der Waals surface area contributed by atoms with Gasteiger partial charge in [-0.05, 0) is 17.7 Å². The summed E-state index contributed by atoms with van der Waals surface area (Å²) >= 11 is 0. The number of nitrogens with one attached hydrogen (secondary N) is 3. The third-order valence-electron chi connectivity index (χ3n) is 3.76. The van der Waals surface area contributed by atoms with Crippen LogP contribution in [-0.2, 0) is 11.3 Å². The molecule has 2 amide bonds. The molecule has 0 bridgehead atoms. The molecule has 2 aromatic rings. The van der Waals surface area contributed by atoms with Gasteiger partial charge in [0.1, 0.15) is 12.7 Å². The van der Waals surface area contributed by atoms with Crippen molar-refractivity contribution < 1.29 is 9.53 Å². The van der Waals surface area contributed by atoms with Crippen molar-refractivity contribution in [3.05, 3.63) is 42.5 Å². The molecule has 24 heavy (non-hydrogen) atoms. The second-order valence-corrected chi connectivity index (χ2v) is 5.77. The Kier molecular flexibility index (Phi) is 5.75. The lowest BCUT2D eigenvalue weighted by Crippen LogP contribution is -2.37. The van der Waals surface area contributed by atoms with Crippen LogP contribution in [0.25, 0.3) is 0 Å². The van der Waals surface area contributed by atoms with Gasteiger partial charge in [-0.1, -0.05) is 12.1 Å². The van der Waals surface area contributed by atoms with Crippen LogP contribution in [0.3, 0.4) is 0 Å². The van der Waals surface area contributed by atoms with E-state index in [-0.39, 0.29) is 11.9 Å². The number of hydrogen-bond donors (Lipinski definition) is 3. The predicted octanol–water partition coefficient (Wildman–Crippen LogP) is 0.684. The van der Waals surface area contributed by atoms with Crippen LogP contribution in [0.15, 0.2) is 36.9 Å². The van der Waals surface area contributed by atoms with Crippen molar-refractivity contribution in [2.45, 2.75) is 6.54 Å². The maximum Gasteiger partial charge on any atom is 0.319 e. The average molecular weight is 330 g/mol. The molecule has 8 nitrogen and oxygen atoms in total. The van der Waals surface area contributed by atoms with Gasteiger partial charge in [0.15, 0.2) is 0 Å². The maximum absolute atomic E-state index is 12.1. The van der Waals surface area contributed by atoms with Gasteiger partial charge in [0.2, 0.25) is 0 Å². The third kappa shape index (κ3) is 5.04. The molecule has 2 heterocycles. The van der Waals surface area contributed by atoms with Crippen molar-refractivity contribution in [3.63, 3.8) is 0 Å². The van der Waals surface area contributed by atoms with Gasteiger partial charge < -0.3 is 20.7 Å². The molecule has 1 aliphatic rings. The van der Waals surface area contributed by atoms with Crippen molar-refractivity contribution in [1.82, 2.24) is 25.4 Å². The van der Waals surface area contributed by atoms with E-state index in [1.165, 1.54) is 6.33 Å². The molecule has 0 spiro atoms. The molecule has 1 saturated heterocycles. The Morgan fingerprint density at radius 2 is 2.42 bits per heavy atom. The first-order valence-corrected chi connectivity index (χ1v) is 8.04. The Bertz CT molecular complexity index is 638. The SMILES string of the molecule is O=C(NC[C@H]1CNCCOC1)Nc1cccc(Cn2cncn2)c1. The van der Waals surface area contributed by atoms with Gasteiger partial charge in [-0.25, -0.2) is 14.5 Å². The molecule has 0 aliphatic carbocycles. The first-order chi connectivity index (χ1) is 11.8. The minimum absolute atomic E-state index is 0.211. The summed E-state index contributed by atoms with van der Waals surface area (Å²) in [6.45, 7) is 4.30. The lowest BCUT2D eigenvalue weighted by Gasteiger charge is -2.15. The Labute approximate surface area is 140 Å². The van der Waals surface area contributed by atoms with Gasteiger partial charge >= 0.3 is 6.03 Å². The molecule has 8 heteroatoms. The number of benzene rings is 1. The van der Waals surface area contributed by atoms with Crippen LogP contribution in [-0.4, -0.2) is 53.6 Å². The van der Waals surface area contributed by atoms with Gasteiger partial charge in [0.25, 0.3) is 0 Å². The summed E-state index contributed by atoms with van der Waals surface area (Å²) in [5, 5.41) is 13.1. The van der Waals surface area contributed by atoms with Crippen LogP contribution < -0.4 is 16.0 Å². The summed E-state index contributed by atoms with van der Waals surface area (Å²) in [6.07, 6.45) is 3.16. The lowest BCUT2D eigenvalue weighted by atomic mass is 10.1. The zero-order chi connectivity index (χ0) is 16.6. The topological polar surface area (TPSA) is 93.1 Å². The second-order valence-electron chi connectivity index (χ2n) is 5.77. The van der Waals surface area contributed by atoms with E-state index in [1.54, 1.807) is 11.0 Å². The molecular weight excluding hydrogens is 308 g/mol. The minimum Gasteiger partial charge on any atom is -0.380 e. The van der Waals surface area contributed by atoms with Crippen LogP contribution in [0.5, 0.6) is 0 Å². The fourth-order valence-electron chi connectivity index (χ4n) is 2.55. The fourth-order valence-corrected chi connectivity index (χ4v) is 2.55. The molecule has 3 rings (SSSR count). The summed E-state index contributed by atoms with van der Waals surface area (Å²) in [6, 6.07) is 7.47. The highest BCUT2D eigenvalue weighted by Crippen LogP contribution is 2.11.